The number of pyridine rings is 1. The number of nitrogens with zero attached hydrogens (tertiary/aromatic N) is 1. The van der Waals surface area contributed by atoms with Crippen LogP contribution in [0.4, 0.5) is 10.1 Å². The number of benzene rings is 2. The first-order valence-electron chi connectivity index (χ1n) is 9.45. The molecule has 0 radical (unpaired) electrons. The Morgan fingerprint density at radius 2 is 2.00 bits per heavy atom. The van der Waals surface area contributed by atoms with Crippen LogP contribution in [0, 0.1) is 5.82 Å². The van der Waals surface area contributed by atoms with Crippen LogP contribution in [0.15, 0.2) is 48.7 Å². The number of aromatic nitrogens is 1. The van der Waals surface area contributed by atoms with Crippen LogP contribution in [-0.4, -0.2) is 29.3 Å². The molecule has 146 valence electrons. The van der Waals surface area contributed by atoms with E-state index in [0.717, 1.165) is 31.1 Å². The van der Waals surface area contributed by atoms with Crippen molar-refractivity contribution in [3.63, 3.8) is 0 Å². The van der Waals surface area contributed by atoms with E-state index in [9.17, 15) is 9.50 Å². The van der Waals surface area contributed by atoms with Crippen molar-refractivity contribution in [3.8, 4) is 17.2 Å². The number of rotatable bonds is 8. The lowest BCUT2D eigenvalue weighted by atomic mass is 10.2. The molecule has 1 fully saturated rings. The van der Waals surface area contributed by atoms with Gasteiger partial charge in [-0.25, -0.2) is 4.39 Å². The van der Waals surface area contributed by atoms with E-state index in [1.165, 1.54) is 6.07 Å². The molecule has 0 saturated heterocycles. The molecule has 0 spiro atoms. The number of hydrogen-bond donors (Lipinski definition) is 2. The second-order valence-electron chi connectivity index (χ2n) is 7.16. The zero-order chi connectivity index (χ0) is 19.6. The van der Waals surface area contributed by atoms with Gasteiger partial charge >= 0.3 is 0 Å². The van der Waals surface area contributed by atoms with Gasteiger partial charge in [-0.3, -0.25) is 4.98 Å². The highest BCUT2D eigenvalue weighted by atomic mass is 19.1. The number of halogens is 1. The molecular weight excluding hydrogens is 359 g/mol. The van der Waals surface area contributed by atoms with E-state index >= 15 is 0 Å². The number of nitrogens with one attached hydrogen (secondary N) is 1. The van der Waals surface area contributed by atoms with Crippen molar-refractivity contribution in [2.24, 2.45) is 0 Å². The van der Waals surface area contributed by atoms with E-state index in [4.69, 9.17) is 9.47 Å². The summed E-state index contributed by atoms with van der Waals surface area (Å²) < 4.78 is 25.8. The SMILES string of the molecule is CNc1ccc(Oc2ccnc3cc(OCCCC4(O)CC4)ccc23)c(F)c1. The van der Waals surface area contributed by atoms with E-state index in [1.807, 2.05) is 18.2 Å². The highest BCUT2D eigenvalue weighted by molar-refractivity contribution is 5.86. The van der Waals surface area contributed by atoms with E-state index in [2.05, 4.69) is 10.3 Å². The van der Waals surface area contributed by atoms with Crippen molar-refractivity contribution >= 4 is 16.6 Å². The van der Waals surface area contributed by atoms with Crippen molar-refractivity contribution < 1.29 is 19.0 Å². The van der Waals surface area contributed by atoms with Gasteiger partial charge in [0.15, 0.2) is 11.6 Å². The van der Waals surface area contributed by atoms with Crippen molar-refractivity contribution in [2.45, 2.75) is 31.3 Å². The van der Waals surface area contributed by atoms with Crippen LogP contribution in [0.3, 0.4) is 0 Å². The van der Waals surface area contributed by atoms with Gasteiger partial charge in [-0.15, -0.1) is 0 Å². The van der Waals surface area contributed by atoms with E-state index in [1.54, 1.807) is 31.4 Å². The zero-order valence-corrected chi connectivity index (χ0v) is 15.7. The fourth-order valence-electron chi connectivity index (χ4n) is 3.12. The van der Waals surface area contributed by atoms with Gasteiger partial charge in [-0.2, -0.15) is 0 Å². The Morgan fingerprint density at radius 3 is 2.75 bits per heavy atom. The molecule has 0 atom stereocenters. The fraction of sp³-hybridized carbons (Fsp3) is 0.318. The number of anilines is 1. The first-order valence-corrected chi connectivity index (χ1v) is 9.45. The van der Waals surface area contributed by atoms with Gasteiger partial charge in [0, 0.05) is 36.5 Å². The molecule has 1 aromatic heterocycles. The normalized spacial score (nSPS) is 14.7. The number of ether oxygens (including phenoxy) is 2. The third-order valence-corrected chi connectivity index (χ3v) is 5.00. The molecule has 0 amide bonds. The predicted octanol–water partition coefficient (Wildman–Crippen LogP) is 4.89. The Morgan fingerprint density at radius 1 is 1.14 bits per heavy atom. The molecule has 6 heteroatoms. The third kappa shape index (κ3) is 4.17. The zero-order valence-electron chi connectivity index (χ0n) is 15.7. The molecule has 3 aromatic rings. The van der Waals surface area contributed by atoms with Gasteiger partial charge in [0.1, 0.15) is 11.5 Å². The van der Waals surface area contributed by atoms with E-state index in [-0.39, 0.29) is 5.75 Å². The van der Waals surface area contributed by atoms with Crippen LogP contribution >= 0.6 is 0 Å². The summed E-state index contributed by atoms with van der Waals surface area (Å²) in [5, 5.41) is 13.5. The standard InChI is InChI=1S/C22H23FN2O3/c1-24-15-3-6-21(18(23)13-15)28-20-7-11-25-19-14-16(4-5-17(19)20)27-12-2-8-22(26)9-10-22/h3-7,11,13-14,24,26H,2,8-10,12H2,1H3. The average molecular weight is 382 g/mol. The summed E-state index contributed by atoms with van der Waals surface area (Å²) in [5.74, 6) is 0.965. The van der Waals surface area contributed by atoms with Gasteiger partial charge in [0.25, 0.3) is 0 Å². The molecule has 1 heterocycles. The van der Waals surface area contributed by atoms with Crippen molar-refractivity contribution in [1.82, 2.24) is 4.98 Å². The van der Waals surface area contributed by atoms with Crippen LogP contribution in [0.2, 0.25) is 0 Å². The lowest BCUT2D eigenvalue weighted by Crippen LogP contribution is -2.09. The highest BCUT2D eigenvalue weighted by Gasteiger charge is 2.39. The Hall–Kier alpha value is -2.86. The van der Waals surface area contributed by atoms with Crippen molar-refractivity contribution in [2.75, 3.05) is 19.0 Å². The molecule has 1 saturated carbocycles. The first kappa shape index (κ1) is 18.5. The highest BCUT2D eigenvalue weighted by Crippen LogP contribution is 2.39. The van der Waals surface area contributed by atoms with E-state index < -0.39 is 11.4 Å². The number of fused-ring (bicyclic) bond motifs is 1. The number of aliphatic hydroxyl groups is 1. The summed E-state index contributed by atoms with van der Waals surface area (Å²) in [5.41, 5.74) is 0.949. The summed E-state index contributed by atoms with van der Waals surface area (Å²) in [6, 6.07) is 12.0. The van der Waals surface area contributed by atoms with Crippen molar-refractivity contribution in [3.05, 3.63) is 54.5 Å². The maximum absolute atomic E-state index is 14.2. The predicted molar refractivity (Wildman–Crippen MR) is 107 cm³/mol. The summed E-state index contributed by atoms with van der Waals surface area (Å²) in [6.45, 7) is 0.549. The Balaban J connectivity index is 1.47. The molecule has 4 rings (SSSR count). The lowest BCUT2D eigenvalue weighted by Gasteiger charge is -2.12. The van der Waals surface area contributed by atoms with Crippen molar-refractivity contribution in [1.29, 1.82) is 0 Å². The molecule has 2 N–H and O–H groups in total. The molecule has 1 aliphatic carbocycles. The Bertz CT molecular complexity index is 989. The van der Waals surface area contributed by atoms with Crippen LogP contribution in [0.5, 0.6) is 17.2 Å². The smallest absolute Gasteiger partial charge is 0.167 e. The fourth-order valence-corrected chi connectivity index (χ4v) is 3.12. The van der Waals surface area contributed by atoms with E-state index in [0.29, 0.717) is 29.3 Å². The monoisotopic (exact) mass is 382 g/mol. The topological polar surface area (TPSA) is 63.6 Å². The molecular formula is C22H23FN2O3. The summed E-state index contributed by atoms with van der Waals surface area (Å²) in [7, 11) is 1.74. The first-order chi connectivity index (χ1) is 13.6. The maximum Gasteiger partial charge on any atom is 0.167 e. The van der Waals surface area contributed by atoms with Crippen LogP contribution in [-0.2, 0) is 0 Å². The van der Waals surface area contributed by atoms with Gasteiger partial charge in [0.05, 0.1) is 17.7 Å². The van der Waals surface area contributed by atoms with Crippen LogP contribution in [0.25, 0.3) is 10.9 Å². The van der Waals surface area contributed by atoms with Gasteiger partial charge < -0.3 is 19.9 Å². The molecule has 1 aliphatic rings. The lowest BCUT2D eigenvalue weighted by molar-refractivity contribution is 0.129. The second kappa shape index (κ2) is 7.64. The van der Waals surface area contributed by atoms with Gasteiger partial charge in [-0.1, -0.05) is 0 Å². The molecule has 28 heavy (non-hydrogen) atoms. The maximum atomic E-state index is 14.2. The van der Waals surface area contributed by atoms with Crippen LogP contribution < -0.4 is 14.8 Å². The summed E-state index contributed by atoms with van der Waals surface area (Å²) in [6.07, 6.45) is 5.01. The quantitative estimate of drug-likeness (QED) is 0.543. The Labute approximate surface area is 163 Å². The second-order valence-corrected chi connectivity index (χ2v) is 7.16. The molecule has 0 aliphatic heterocycles. The molecule has 0 unspecified atom stereocenters. The molecule has 0 bridgehead atoms. The van der Waals surface area contributed by atoms with Gasteiger partial charge in [-0.05, 0) is 56.0 Å². The van der Waals surface area contributed by atoms with Gasteiger partial charge in [0.2, 0.25) is 0 Å². The minimum absolute atomic E-state index is 0.157. The summed E-state index contributed by atoms with van der Waals surface area (Å²) >= 11 is 0. The van der Waals surface area contributed by atoms with Crippen LogP contribution in [0.1, 0.15) is 25.7 Å². The largest absolute Gasteiger partial charge is 0.494 e. The average Bonchev–Trinajstić information content (AvgIpc) is 3.44. The Kier molecular flexibility index (Phi) is 5.05. The molecule has 2 aromatic carbocycles. The summed E-state index contributed by atoms with van der Waals surface area (Å²) in [4.78, 5) is 4.37. The minimum atomic E-state index is -0.443. The minimum Gasteiger partial charge on any atom is -0.494 e. The third-order valence-electron chi connectivity index (χ3n) is 5.00. The molecule has 5 nitrogen and oxygen atoms in total. The number of hydrogen-bond acceptors (Lipinski definition) is 5.